The molecule has 124 valence electrons. The summed E-state index contributed by atoms with van der Waals surface area (Å²) in [5.41, 5.74) is -2.91. The van der Waals surface area contributed by atoms with E-state index < -0.39 is 59.3 Å². The van der Waals surface area contributed by atoms with Crippen molar-refractivity contribution >= 4 is 10.0 Å². The van der Waals surface area contributed by atoms with Gasteiger partial charge in [0.05, 0.1) is 5.75 Å². The first-order valence-corrected chi connectivity index (χ1v) is 8.16. The Hall–Kier alpha value is -1.19. The lowest BCUT2D eigenvalue weighted by Crippen LogP contribution is -2.54. The summed E-state index contributed by atoms with van der Waals surface area (Å²) in [4.78, 5) is 0. The zero-order chi connectivity index (χ0) is 16.6. The van der Waals surface area contributed by atoms with Gasteiger partial charge >= 0.3 is 6.18 Å². The Balaban J connectivity index is 2.09. The third-order valence-corrected chi connectivity index (χ3v) is 5.59. The fourth-order valence-electron chi connectivity index (χ4n) is 2.32. The van der Waals surface area contributed by atoms with E-state index in [-0.39, 0.29) is 5.56 Å². The molecule has 1 N–H and O–H groups in total. The minimum absolute atomic E-state index is 0.0424. The Kier molecular flexibility index (Phi) is 4.51. The zero-order valence-electron chi connectivity index (χ0n) is 11.5. The van der Waals surface area contributed by atoms with Crippen molar-refractivity contribution in [2.45, 2.75) is 30.4 Å². The van der Waals surface area contributed by atoms with Gasteiger partial charge in [0.15, 0.2) is 5.60 Å². The van der Waals surface area contributed by atoms with Gasteiger partial charge in [-0.25, -0.2) is 17.1 Å². The van der Waals surface area contributed by atoms with E-state index >= 15 is 0 Å². The number of halogens is 4. The Labute approximate surface area is 125 Å². The molecule has 4 nitrogen and oxygen atoms in total. The third kappa shape index (κ3) is 3.41. The van der Waals surface area contributed by atoms with Gasteiger partial charge in [-0.15, -0.1) is 0 Å². The van der Waals surface area contributed by atoms with Crippen LogP contribution in [-0.4, -0.2) is 42.7 Å². The van der Waals surface area contributed by atoms with Crippen LogP contribution in [0.1, 0.15) is 18.4 Å². The number of sulfonamides is 1. The Bertz CT molecular complexity index is 637. The largest absolute Gasteiger partial charge is 0.417 e. The fourth-order valence-corrected chi connectivity index (χ4v) is 3.87. The summed E-state index contributed by atoms with van der Waals surface area (Å²) in [6, 6.07) is 5.31. The van der Waals surface area contributed by atoms with Crippen LogP contribution in [-0.2, 0) is 15.8 Å². The first-order chi connectivity index (χ1) is 10.1. The predicted molar refractivity (Wildman–Crippen MR) is 70.8 cm³/mol. The molecule has 0 aliphatic carbocycles. The van der Waals surface area contributed by atoms with Crippen LogP contribution in [0.3, 0.4) is 0 Å². The van der Waals surface area contributed by atoms with Gasteiger partial charge in [-0.05, 0) is 18.9 Å². The number of rotatable bonds is 3. The molecule has 1 heterocycles. The molecule has 1 aliphatic heterocycles. The molecule has 1 fully saturated rings. The molecule has 0 spiro atoms. The van der Waals surface area contributed by atoms with Crippen LogP contribution in [0.2, 0.25) is 0 Å². The van der Waals surface area contributed by atoms with Gasteiger partial charge in [0.2, 0.25) is 10.0 Å². The van der Waals surface area contributed by atoms with Crippen LogP contribution < -0.4 is 0 Å². The lowest BCUT2D eigenvalue weighted by molar-refractivity contribution is -0.270. The van der Waals surface area contributed by atoms with Crippen LogP contribution in [0, 0.1) is 5.82 Å². The number of hydrogen-bond donors (Lipinski definition) is 1. The van der Waals surface area contributed by atoms with Crippen LogP contribution in [0.4, 0.5) is 17.6 Å². The van der Waals surface area contributed by atoms with Gasteiger partial charge in [-0.2, -0.15) is 13.2 Å². The summed E-state index contributed by atoms with van der Waals surface area (Å²) >= 11 is 0. The minimum Gasteiger partial charge on any atom is -0.380 e. The second-order valence-corrected chi connectivity index (χ2v) is 7.24. The topological polar surface area (TPSA) is 57.6 Å². The van der Waals surface area contributed by atoms with E-state index in [0.29, 0.717) is 0 Å². The summed E-state index contributed by atoms with van der Waals surface area (Å²) in [5.74, 6) is -1.31. The monoisotopic (exact) mass is 341 g/mol. The molecule has 0 saturated carbocycles. The molecule has 2 rings (SSSR count). The van der Waals surface area contributed by atoms with Crippen molar-refractivity contribution < 1.29 is 31.1 Å². The Morgan fingerprint density at radius 2 is 1.73 bits per heavy atom. The number of piperidine rings is 1. The van der Waals surface area contributed by atoms with Crippen LogP contribution >= 0.6 is 0 Å². The highest BCUT2D eigenvalue weighted by atomic mass is 32.2. The van der Waals surface area contributed by atoms with Crippen LogP contribution in [0.15, 0.2) is 24.3 Å². The molecule has 22 heavy (non-hydrogen) atoms. The van der Waals surface area contributed by atoms with Crippen molar-refractivity contribution in [3.63, 3.8) is 0 Å². The van der Waals surface area contributed by atoms with E-state index in [1.54, 1.807) is 0 Å². The van der Waals surface area contributed by atoms with Crippen molar-refractivity contribution in [1.29, 1.82) is 0 Å². The lowest BCUT2D eigenvalue weighted by Gasteiger charge is -2.38. The number of alkyl halides is 3. The number of benzene rings is 1. The van der Waals surface area contributed by atoms with E-state index in [0.717, 1.165) is 10.4 Å². The molecule has 1 saturated heterocycles. The van der Waals surface area contributed by atoms with Crippen molar-refractivity contribution in [2.24, 2.45) is 0 Å². The number of nitrogens with zero attached hydrogens (tertiary/aromatic N) is 1. The fraction of sp³-hybridized carbons (Fsp3) is 0.538. The normalized spacial score (nSPS) is 20.0. The smallest absolute Gasteiger partial charge is 0.380 e. The van der Waals surface area contributed by atoms with Gasteiger partial charge < -0.3 is 5.11 Å². The second-order valence-electron chi connectivity index (χ2n) is 5.28. The van der Waals surface area contributed by atoms with E-state index in [2.05, 4.69) is 0 Å². The highest BCUT2D eigenvalue weighted by Crippen LogP contribution is 2.39. The first kappa shape index (κ1) is 17.2. The summed E-state index contributed by atoms with van der Waals surface area (Å²) in [6.45, 7) is -0.903. The minimum atomic E-state index is -4.80. The average Bonchev–Trinajstić information content (AvgIpc) is 2.40. The number of aliphatic hydroxyl groups is 1. The second kappa shape index (κ2) is 5.78. The zero-order valence-corrected chi connectivity index (χ0v) is 12.3. The predicted octanol–water partition coefficient (Wildman–Crippen LogP) is 2.04. The quantitative estimate of drug-likeness (QED) is 0.856. The van der Waals surface area contributed by atoms with Gasteiger partial charge in [0.25, 0.3) is 0 Å². The van der Waals surface area contributed by atoms with Crippen LogP contribution in [0.5, 0.6) is 0 Å². The lowest BCUT2D eigenvalue weighted by atomic mass is 9.92. The van der Waals surface area contributed by atoms with Crippen LogP contribution in [0.25, 0.3) is 0 Å². The van der Waals surface area contributed by atoms with Crippen molar-refractivity contribution in [3.05, 3.63) is 35.6 Å². The molecule has 0 unspecified atom stereocenters. The highest BCUT2D eigenvalue weighted by molar-refractivity contribution is 7.88. The summed E-state index contributed by atoms with van der Waals surface area (Å²) < 4.78 is 76.7. The summed E-state index contributed by atoms with van der Waals surface area (Å²) in [6.07, 6.45) is -6.26. The first-order valence-electron chi connectivity index (χ1n) is 6.55. The SMILES string of the molecule is O=S(=O)(Cc1ccccc1F)N1CCC(O)(C(F)(F)F)CC1. The highest BCUT2D eigenvalue weighted by Gasteiger charge is 2.55. The Morgan fingerprint density at radius 3 is 2.23 bits per heavy atom. The summed E-state index contributed by atoms with van der Waals surface area (Å²) in [7, 11) is -3.94. The maximum absolute atomic E-state index is 13.5. The molecule has 9 heteroatoms. The molecule has 0 aromatic heterocycles. The van der Waals surface area contributed by atoms with E-state index in [4.69, 9.17) is 0 Å². The third-order valence-electron chi connectivity index (χ3n) is 3.77. The molecule has 0 radical (unpaired) electrons. The van der Waals surface area contributed by atoms with Crippen molar-refractivity contribution in [1.82, 2.24) is 4.31 Å². The van der Waals surface area contributed by atoms with Crippen molar-refractivity contribution in [3.8, 4) is 0 Å². The van der Waals surface area contributed by atoms with Gasteiger partial charge in [0.1, 0.15) is 5.82 Å². The maximum Gasteiger partial charge on any atom is 0.417 e. The van der Waals surface area contributed by atoms with Gasteiger partial charge in [-0.3, -0.25) is 0 Å². The van der Waals surface area contributed by atoms with E-state index in [1.165, 1.54) is 18.2 Å². The maximum atomic E-state index is 13.5. The van der Waals surface area contributed by atoms with E-state index in [1.807, 2.05) is 0 Å². The molecule has 0 atom stereocenters. The standard InChI is InChI=1S/C13H15F4NO3S/c14-11-4-2-1-3-10(11)9-22(20,21)18-7-5-12(19,6-8-18)13(15,16)17/h1-4,19H,5-9H2. The molecule has 0 bridgehead atoms. The number of hydrogen-bond acceptors (Lipinski definition) is 3. The van der Waals surface area contributed by atoms with E-state index in [9.17, 15) is 31.1 Å². The average molecular weight is 341 g/mol. The molecular weight excluding hydrogens is 326 g/mol. The van der Waals surface area contributed by atoms with Gasteiger partial charge in [0, 0.05) is 18.7 Å². The molecule has 1 aromatic rings. The molecule has 1 aromatic carbocycles. The summed E-state index contributed by atoms with van der Waals surface area (Å²) in [5, 5.41) is 9.52. The molecular formula is C13H15F4NO3S. The van der Waals surface area contributed by atoms with Crippen molar-refractivity contribution in [2.75, 3.05) is 13.1 Å². The molecule has 1 aliphatic rings. The van der Waals surface area contributed by atoms with Gasteiger partial charge in [-0.1, -0.05) is 18.2 Å². The molecule has 0 amide bonds. The Morgan fingerprint density at radius 1 is 1.18 bits per heavy atom.